The first kappa shape index (κ1) is 15.9. The Morgan fingerprint density at radius 3 is 2.50 bits per heavy atom. The number of hydrogen-bond donors (Lipinski definition) is 2. The van der Waals surface area contributed by atoms with E-state index in [9.17, 15) is 4.79 Å². The van der Waals surface area contributed by atoms with Gasteiger partial charge in [0.25, 0.3) is 5.56 Å². The first-order chi connectivity index (χ1) is 10.7. The molecule has 1 heterocycles. The van der Waals surface area contributed by atoms with Gasteiger partial charge in [0.2, 0.25) is 5.95 Å². The fourth-order valence-corrected chi connectivity index (χ4v) is 2.01. The summed E-state index contributed by atoms with van der Waals surface area (Å²) in [6.45, 7) is 6.91. The van der Waals surface area contributed by atoms with E-state index in [-0.39, 0.29) is 5.56 Å². The van der Waals surface area contributed by atoms with Gasteiger partial charge in [-0.2, -0.15) is 0 Å². The van der Waals surface area contributed by atoms with Gasteiger partial charge in [-0.25, -0.2) is 4.98 Å². The maximum absolute atomic E-state index is 11.6. The highest BCUT2D eigenvalue weighted by atomic mass is 16.5. The first-order valence-corrected chi connectivity index (χ1v) is 7.43. The van der Waals surface area contributed by atoms with Crippen molar-refractivity contribution in [2.45, 2.75) is 27.2 Å². The third kappa shape index (κ3) is 4.00. The summed E-state index contributed by atoms with van der Waals surface area (Å²) >= 11 is 0. The zero-order chi connectivity index (χ0) is 15.9. The van der Waals surface area contributed by atoms with Crippen LogP contribution in [-0.4, -0.2) is 23.2 Å². The van der Waals surface area contributed by atoms with E-state index in [1.54, 1.807) is 0 Å². The zero-order valence-corrected chi connectivity index (χ0v) is 13.1. The number of aromatic amines is 1. The Balaban J connectivity index is 2.27. The molecular weight excluding hydrogens is 282 g/mol. The summed E-state index contributed by atoms with van der Waals surface area (Å²) < 4.78 is 11.1. The van der Waals surface area contributed by atoms with Crippen molar-refractivity contribution in [2.75, 3.05) is 18.5 Å². The summed E-state index contributed by atoms with van der Waals surface area (Å²) in [5.41, 5.74) is 1.33. The second-order valence-corrected chi connectivity index (χ2v) is 4.59. The highest BCUT2D eigenvalue weighted by Crippen LogP contribution is 2.31. The fraction of sp³-hybridized carbons (Fsp3) is 0.375. The molecule has 118 valence electrons. The second-order valence-electron chi connectivity index (χ2n) is 4.59. The lowest BCUT2D eigenvalue weighted by Crippen LogP contribution is -2.11. The highest BCUT2D eigenvalue weighted by Gasteiger charge is 2.07. The van der Waals surface area contributed by atoms with E-state index in [1.165, 1.54) is 6.07 Å². The molecule has 6 nitrogen and oxygen atoms in total. The number of nitrogens with one attached hydrogen (secondary N) is 2. The first-order valence-electron chi connectivity index (χ1n) is 7.43. The van der Waals surface area contributed by atoms with Crippen molar-refractivity contribution < 1.29 is 9.47 Å². The molecule has 1 aromatic carbocycles. The molecule has 0 bridgehead atoms. The number of aryl methyl sites for hydroxylation is 1. The molecule has 22 heavy (non-hydrogen) atoms. The average molecular weight is 303 g/mol. The number of anilines is 2. The molecule has 0 aliphatic heterocycles. The topological polar surface area (TPSA) is 76.2 Å². The Morgan fingerprint density at radius 1 is 1.09 bits per heavy atom. The molecule has 0 atom stereocenters. The summed E-state index contributed by atoms with van der Waals surface area (Å²) in [6, 6.07) is 7.01. The Hall–Kier alpha value is -2.50. The number of benzene rings is 1. The van der Waals surface area contributed by atoms with Gasteiger partial charge in [0.15, 0.2) is 11.5 Å². The van der Waals surface area contributed by atoms with Gasteiger partial charge in [0.1, 0.15) is 0 Å². The van der Waals surface area contributed by atoms with E-state index >= 15 is 0 Å². The van der Waals surface area contributed by atoms with Crippen LogP contribution in [0.2, 0.25) is 0 Å². The van der Waals surface area contributed by atoms with Crippen LogP contribution in [0.25, 0.3) is 0 Å². The molecule has 6 heteroatoms. The number of hydrogen-bond acceptors (Lipinski definition) is 5. The van der Waals surface area contributed by atoms with E-state index < -0.39 is 0 Å². The Bertz CT molecular complexity index is 683. The van der Waals surface area contributed by atoms with E-state index in [2.05, 4.69) is 15.3 Å². The maximum Gasteiger partial charge on any atom is 0.252 e. The maximum atomic E-state index is 11.6. The van der Waals surface area contributed by atoms with Gasteiger partial charge in [-0.05, 0) is 32.4 Å². The largest absolute Gasteiger partial charge is 0.490 e. The van der Waals surface area contributed by atoms with Crippen molar-refractivity contribution in [2.24, 2.45) is 0 Å². The van der Waals surface area contributed by atoms with Crippen molar-refractivity contribution in [3.63, 3.8) is 0 Å². The van der Waals surface area contributed by atoms with E-state index in [0.717, 1.165) is 11.4 Å². The highest BCUT2D eigenvalue weighted by molar-refractivity contribution is 5.59. The van der Waals surface area contributed by atoms with E-state index in [0.29, 0.717) is 37.1 Å². The number of H-pyrrole nitrogens is 1. The van der Waals surface area contributed by atoms with Crippen molar-refractivity contribution in [3.05, 3.63) is 40.3 Å². The normalized spacial score (nSPS) is 10.3. The fourth-order valence-electron chi connectivity index (χ4n) is 2.01. The minimum atomic E-state index is -0.176. The molecule has 2 rings (SSSR count). The summed E-state index contributed by atoms with van der Waals surface area (Å²) in [4.78, 5) is 18.6. The van der Waals surface area contributed by atoms with Gasteiger partial charge in [0, 0.05) is 23.5 Å². The van der Waals surface area contributed by atoms with Crippen LogP contribution in [0.3, 0.4) is 0 Å². The summed E-state index contributed by atoms with van der Waals surface area (Å²) in [5, 5.41) is 3.09. The number of rotatable bonds is 7. The van der Waals surface area contributed by atoms with Crippen LogP contribution in [0.5, 0.6) is 11.5 Å². The molecule has 0 radical (unpaired) electrons. The standard InChI is InChI=1S/C16H21N3O3/c1-4-11-10-15(20)19-16(17-11)18-12-7-8-13(21-5-2)14(9-12)22-6-3/h7-10H,4-6H2,1-3H3,(H2,17,18,19,20). The number of ether oxygens (including phenoxy) is 2. The molecule has 2 N–H and O–H groups in total. The summed E-state index contributed by atoms with van der Waals surface area (Å²) in [7, 11) is 0. The minimum absolute atomic E-state index is 0.176. The lowest BCUT2D eigenvalue weighted by Gasteiger charge is -2.13. The van der Waals surface area contributed by atoms with Gasteiger partial charge in [0.05, 0.1) is 13.2 Å². The molecule has 0 aliphatic carbocycles. The van der Waals surface area contributed by atoms with Crippen LogP contribution in [0.4, 0.5) is 11.6 Å². The third-order valence-corrected chi connectivity index (χ3v) is 2.96. The van der Waals surface area contributed by atoms with Gasteiger partial charge in [-0.15, -0.1) is 0 Å². The SMILES string of the molecule is CCOc1ccc(Nc2nc(CC)cc(=O)[nH]2)cc1OCC. The van der Waals surface area contributed by atoms with Crippen LogP contribution >= 0.6 is 0 Å². The molecule has 0 unspecified atom stereocenters. The molecule has 0 aliphatic rings. The van der Waals surface area contributed by atoms with Crippen molar-refractivity contribution >= 4 is 11.6 Å². The van der Waals surface area contributed by atoms with Crippen LogP contribution in [0.15, 0.2) is 29.1 Å². The monoisotopic (exact) mass is 303 g/mol. The molecule has 0 saturated carbocycles. The van der Waals surface area contributed by atoms with Crippen molar-refractivity contribution in [1.82, 2.24) is 9.97 Å². The quantitative estimate of drug-likeness (QED) is 0.822. The second kappa shape index (κ2) is 7.49. The van der Waals surface area contributed by atoms with Gasteiger partial charge < -0.3 is 14.8 Å². The van der Waals surface area contributed by atoms with E-state index in [1.807, 2.05) is 39.0 Å². The third-order valence-electron chi connectivity index (χ3n) is 2.96. The van der Waals surface area contributed by atoms with Crippen molar-refractivity contribution in [1.29, 1.82) is 0 Å². The molecular formula is C16H21N3O3. The Labute approximate surface area is 129 Å². The number of aromatic nitrogens is 2. The Morgan fingerprint density at radius 2 is 1.82 bits per heavy atom. The predicted molar refractivity (Wildman–Crippen MR) is 86.3 cm³/mol. The van der Waals surface area contributed by atoms with Crippen LogP contribution < -0.4 is 20.3 Å². The molecule has 0 amide bonds. The molecule has 1 aromatic heterocycles. The smallest absolute Gasteiger partial charge is 0.252 e. The van der Waals surface area contributed by atoms with Crippen LogP contribution in [-0.2, 0) is 6.42 Å². The van der Waals surface area contributed by atoms with Crippen LogP contribution in [0, 0.1) is 0 Å². The molecule has 0 saturated heterocycles. The predicted octanol–water partition coefficient (Wildman–Crippen LogP) is 2.87. The average Bonchev–Trinajstić information content (AvgIpc) is 2.49. The zero-order valence-electron chi connectivity index (χ0n) is 13.1. The van der Waals surface area contributed by atoms with Gasteiger partial charge in [-0.3, -0.25) is 9.78 Å². The lowest BCUT2D eigenvalue weighted by atomic mass is 10.2. The van der Waals surface area contributed by atoms with Gasteiger partial charge in [-0.1, -0.05) is 6.92 Å². The van der Waals surface area contributed by atoms with E-state index in [4.69, 9.17) is 9.47 Å². The Kier molecular flexibility index (Phi) is 5.41. The molecule has 2 aromatic rings. The minimum Gasteiger partial charge on any atom is -0.490 e. The summed E-state index contributed by atoms with van der Waals surface area (Å²) in [6.07, 6.45) is 0.700. The number of nitrogens with zero attached hydrogens (tertiary/aromatic N) is 1. The van der Waals surface area contributed by atoms with Crippen LogP contribution in [0.1, 0.15) is 26.5 Å². The van der Waals surface area contributed by atoms with Gasteiger partial charge >= 0.3 is 0 Å². The summed E-state index contributed by atoms with van der Waals surface area (Å²) in [5.74, 6) is 1.76. The van der Waals surface area contributed by atoms with Crippen molar-refractivity contribution in [3.8, 4) is 11.5 Å². The molecule has 0 fully saturated rings. The molecule has 0 spiro atoms. The lowest BCUT2D eigenvalue weighted by molar-refractivity contribution is 0.288.